The van der Waals surface area contributed by atoms with Gasteiger partial charge >= 0.3 is 0 Å². The van der Waals surface area contributed by atoms with Crippen molar-refractivity contribution in [3.63, 3.8) is 0 Å². The first-order chi connectivity index (χ1) is 14.2. The van der Waals surface area contributed by atoms with Crippen LogP contribution in [0, 0.1) is 12.8 Å². The summed E-state index contributed by atoms with van der Waals surface area (Å²) in [5, 5.41) is 8.00. The highest BCUT2D eigenvalue weighted by Crippen LogP contribution is 2.25. The first-order valence-electron chi connectivity index (χ1n) is 9.77. The van der Waals surface area contributed by atoms with Crippen molar-refractivity contribution in [2.24, 2.45) is 5.92 Å². The van der Waals surface area contributed by atoms with Crippen molar-refractivity contribution in [1.82, 2.24) is 30.1 Å². The van der Waals surface area contributed by atoms with E-state index in [2.05, 4.69) is 31.2 Å². The molecule has 2 atom stereocenters. The summed E-state index contributed by atoms with van der Waals surface area (Å²) in [6, 6.07) is 6.01. The van der Waals surface area contributed by atoms with Crippen LogP contribution in [-0.4, -0.2) is 74.9 Å². The van der Waals surface area contributed by atoms with Gasteiger partial charge in [-0.3, -0.25) is 9.69 Å². The number of hydrogen-bond acceptors (Lipinski definition) is 8. The number of benzene rings is 1. The molecule has 1 amide bonds. The molecule has 2 aromatic heterocycles. The summed E-state index contributed by atoms with van der Waals surface area (Å²) in [7, 11) is 0. The fourth-order valence-corrected chi connectivity index (χ4v) is 4.18. The maximum absolute atomic E-state index is 13.1. The van der Waals surface area contributed by atoms with Crippen LogP contribution in [0.3, 0.4) is 0 Å². The van der Waals surface area contributed by atoms with Gasteiger partial charge in [-0.2, -0.15) is 0 Å². The molecule has 0 saturated carbocycles. The molecule has 2 aliphatic rings. The van der Waals surface area contributed by atoms with E-state index >= 15 is 0 Å². The summed E-state index contributed by atoms with van der Waals surface area (Å²) in [4.78, 5) is 25.7. The van der Waals surface area contributed by atoms with Crippen LogP contribution in [-0.2, 0) is 11.3 Å². The lowest BCUT2D eigenvalue weighted by atomic mass is 10.1. The molecular formula is C20H22N6O3. The summed E-state index contributed by atoms with van der Waals surface area (Å²) in [5.74, 6) is 0.879. The first-order valence-corrected chi connectivity index (χ1v) is 9.77. The van der Waals surface area contributed by atoms with E-state index in [1.54, 1.807) is 12.4 Å². The highest BCUT2D eigenvalue weighted by molar-refractivity contribution is 5.93. The zero-order valence-electron chi connectivity index (χ0n) is 16.2. The quantitative estimate of drug-likeness (QED) is 0.656. The van der Waals surface area contributed by atoms with Gasteiger partial charge in [0.25, 0.3) is 5.91 Å². The molecule has 3 aromatic rings. The van der Waals surface area contributed by atoms with E-state index in [1.807, 2.05) is 24.0 Å². The molecule has 150 valence electrons. The molecule has 29 heavy (non-hydrogen) atoms. The van der Waals surface area contributed by atoms with Crippen molar-refractivity contribution in [2.75, 3.05) is 32.8 Å². The van der Waals surface area contributed by atoms with Crippen LogP contribution in [0.4, 0.5) is 0 Å². The summed E-state index contributed by atoms with van der Waals surface area (Å²) >= 11 is 0. The Bertz CT molecular complexity index is 1020. The minimum atomic E-state index is -0.0217. The standard InChI is InChI=1S/C20H22N6O3/c1-13-21-5-16(6-22-13)20(27)26-8-14-7-25(17(10-26)12-28-11-14)9-15-3-2-4-18-19(15)24-29-23-18/h2-6,14,17H,7-12H2,1H3/t14-,17+/m1/s1. The number of hydrogen-bond donors (Lipinski definition) is 0. The Morgan fingerprint density at radius 2 is 2.00 bits per heavy atom. The number of carbonyl (C=O) groups is 1. The number of carbonyl (C=O) groups excluding carboxylic acids is 1. The molecule has 9 heteroatoms. The van der Waals surface area contributed by atoms with Gasteiger partial charge in [0.15, 0.2) is 0 Å². The predicted octanol–water partition coefficient (Wildman–Crippen LogP) is 1.29. The molecule has 0 aliphatic carbocycles. The molecule has 2 bridgehead atoms. The van der Waals surface area contributed by atoms with E-state index in [9.17, 15) is 4.79 Å². The second-order valence-corrected chi connectivity index (χ2v) is 7.76. The summed E-state index contributed by atoms with van der Waals surface area (Å²) in [6.07, 6.45) is 3.22. The Labute approximate surface area is 167 Å². The highest BCUT2D eigenvalue weighted by Gasteiger charge is 2.35. The molecule has 0 unspecified atom stereocenters. The lowest BCUT2D eigenvalue weighted by molar-refractivity contribution is 0.0406. The van der Waals surface area contributed by atoms with Crippen LogP contribution in [0.5, 0.6) is 0 Å². The average molecular weight is 394 g/mol. The van der Waals surface area contributed by atoms with Gasteiger partial charge in [0.1, 0.15) is 16.9 Å². The minimum absolute atomic E-state index is 0.0217. The Kier molecular flexibility index (Phi) is 4.69. The van der Waals surface area contributed by atoms with E-state index in [-0.39, 0.29) is 17.9 Å². The van der Waals surface area contributed by atoms with Crippen molar-refractivity contribution < 1.29 is 14.2 Å². The molecule has 0 spiro atoms. The van der Waals surface area contributed by atoms with Gasteiger partial charge in [-0.1, -0.05) is 12.1 Å². The van der Waals surface area contributed by atoms with E-state index in [4.69, 9.17) is 9.37 Å². The molecular weight excluding hydrogens is 372 g/mol. The van der Waals surface area contributed by atoms with Gasteiger partial charge in [0.05, 0.1) is 24.8 Å². The zero-order chi connectivity index (χ0) is 19.8. The number of aryl methyl sites for hydroxylation is 1. The second kappa shape index (κ2) is 7.49. The Hall–Kier alpha value is -2.91. The van der Waals surface area contributed by atoms with Gasteiger partial charge in [0, 0.05) is 44.5 Å². The van der Waals surface area contributed by atoms with Gasteiger partial charge in [-0.15, -0.1) is 0 Å². The fourth-order valence-electron chi connectivity index (χ4n) is 4.18. The predicted molar refractivity (Wildman–Crippen MR) is 103 cm³/mol. The molecule has 9 nitrogen and oxygen atoms in total. The Morgan fingerprint density at radius 3 is 2.86 bits per heavy atom. The third-order valence-electron chi connectivity index (χ3n) is 5.64. The van der Waals surface area contributed by atoms with Crippen molar-refractivity contribution >= 4 is 16.9 Å². The second-order valence-electron chi connectivity index (χ2n) is 7.76. The molecule has 2 saturated heterocycles. The van der Waals surface area contributed by atoms with Crippen molar-refractivity contribution in [3.8, 4) is 0 Å². The molecule has 4 heterocycles. The Balaban J connectivity index is 1.38. The SMILES string of the molecule is Cc1ncc(C(=O)N2C[C@@H]3COC[C@H](C2)N(Cc2cccc4nonc24)C3)cn1. The summed E-state index contributed by atoms with van der Waals surface area (Å²) < 4.78 is 10.8. The molecule has 5 rings (SSSR count). The smallest absolute Gasteiger partial charge is 0.257 e. The van der Waals surface area contributed by atoms with Crippen LogP contribution in [0.25, 0.3) is 11.0 Å². The average Bonchev–Trinajstić information content (AvgIpc) is 3.04. The summed E-state index contributed by atoms with van der Waals surface area (Å²) in [6.45, 7) is 5.90. The van der Waals surface area contributed by atoms with Crippen LogP contribution in [0.15, 0.2) is 35.2 Å². The molecule has 0 N–H and O–H groups in total. The topological polar surface area (TPSA) is 97.5 Å². The van der Waals surface area contributed by atoms with Crippen LogP contribution in [0.1, 0.15) is 21.7 Å². The van der Waals surface area contributed by atoms with Gasteiger partial charge in [-0.05, 0) is 28.9 Å². The molecule has 2 aliphatic heterocycles. The lowest BCUT2D eigenvalue weighted by Crippen LogP contribution is -2.45. The molecule has 0 radical (unpaired) electrons. The maximum atomic E-state index is 13.1. The number of aromatic nitrogens is 4. The number of amides is 1. The normalized spacial score (nSPS) is 22.6. The van der Waals surface area contributed by atoms with Crippen molar-refractivity contribution in [2.45, 2.75) is 19.5 Å². The third-order valence-corrected chi connectivity index (χ3v) is 5.64. The molecule has 1 aromatic carbocycles. The van der Waals surface area contributed by atoms with Crippen LogP contribution in [0.2, 0.25) is 0 Å². The fraction of sp³-hybridized carbons (Fsp3) is 0.450. The van der Waals surface area contributed by atoms with Crippen LogP contribution < -0.4 is 0 Å². The first kappa shape index (κ1) is 18.1. The lowest BCUT2D eigenvalue weighted by Gasteiger charge is -2.31. The zero-order valence-corrected chi connectivity index (χ0v) is 16.2. The largest absolute Gasteiger partial charge is 0.379 e. The van der Waals surface area contributed by atoms with Crippen LogP contribution >= 0.6 is 0 Å². The highest BCUT2D eigenvalue weighted by atomic mass is 16.6. The van der Waals surface area contributed by atoms with Gasteiger partial charge in [-0.25, -0.2) is 14.6 Å². The summed E-state index contributed by atoms with van der Waals surface area (Å²) in [5.41, 5.74) is 3.15. The van der Waals surface area contributed by atoms with E-state index in [0.29, 0.717) is 44.2 Å². The van der Waals surface area contributed by atoms with E-state index in [1.165, 1.54) is 0 Å². The van der Waals surface area contributed by atoms with E-state index < -0.39 is 0 Å². The number of fused-ring (bicyclic) bond motifs is 4. The third kappa shape index (κ3) is 3.58. The Morgan fingerprint density at radius 1 is 1.14 bits per heavy atom. The minimum Gasteiger partial charge on any atom is -0.379 e. The van der Waals surface area contributed by atoms with Crippen molar-refractivity contribution in [3.05, 3.63) is 47.5 Å². The van der Waals surface area contributed by atoms with Crippen molar-refractivity contribution in [1.29, 1.82) is 0 Å². The number of nitrogens with zero attached hydrogens (tertiary/aromatic N) is 6. The van der Waals surface area contributed by atoms with Gasteiger partial charge in [0.2, 0.25) is 0 Å². The van der Waals surface area contributed by atoms with E-state index in [0.717, 1.165) is 23.1 Å². The number of rotatable bonds is 3. The number of ether oxygens (including phenoxy) is 1. The maximum Gasteiger partial charge on any atom is 0.257 e. The van der Waals surface area contributed by atoms with Gasteiger partial charge < -0.3 is 9.64 Å². The molecule has 2 fully saturated rings. The monoisotopic (exact) mass is 394 g/mol.